The lowest BCUT2D eigenvalue weighted by Crippen LogP contribution is -2.11. The van der Waals surface area contributed by atoms with Gasteiger partial charge in [0.1, 0.15) is 6.33 Å². The third kappa shape index (κ3) is 2.00. The Morgan fingerprint density at radius 3 is 2.33 bits per heavy atom. The Labute approximate surface area is 105 Å². The maximum absolute atomic E-state index is 4.12. The van der Waals surface area contributed by atoms with Gasteiger partial charge >= 0.3 is 0 Å². The summed E-state index contributed by atoms with van der Waals surface area (Å²) in [4.78, 5) is 12.3. The van der Waals surface area contributed by atoms with Crippen molar-refractivity contribution in [3.05, 3.63) is 78.9 Å². The first-order chi connectivity index (χ1) is 8.95. The summed E-state index contributed by atoms with van der Waals surface area (Å²) in [5.41, 5.74) is 2.23. The van der Waals surface area contributed by atoms with Crippen LogP contribution in [-0.4, -0.2) is 19.5 Å². The van der Waals surface area contributed by atoms with Gasteiger partial charge in [-0.25, -0.2) is 15.0 Å². The topological polar surface area (TPSA) is 43.6 Å². The quantitative estimate of drug-likeness (QED) is 0.701. The molecule has 0 spiro atoms. The van der Waals surface area contributed by atoms with Gasteiger partial charge in [-0.3, -0.25) is 0 Å². The van der Waals surface area contributed by atoms with Gasteiger partial charge in [0, 0.05) is 30.4 Å². The lowest BCUT2D eigenvalue weighted by molar-refractivity contribution is 0.670. The predicted molar refractivity (Wildman–Crippen MR) is 67.9 cm³/mol. The fourth-order valence-electron chi connectivity index (χ4n) is 2.05. The summed E-state index contributed by atoms with van der Waals surface area (Å²) in [6.45, 7) is 0. The smallest absolute Gasteiger partial charge is 0.115 e. The third-order valence-corrected chi connectivity index (χ3v) is 2.83. The van der Waals surface area contributed by atoms with Gasteiger partial charge in [-0.1, -0.05) is 30.3 Å². The normalized spacial score (nSPS) is 12.2. The van der Waals surface area contributed by atoms with Gasteiger partial charge in [-0.2, -0.15) is 0 Å². The van der Waals surface area contributed by atoms with Crippen molar-refractivity contribution >= 4 is 0 Å². The van der Waals surface area contributed by atoms with E-state index >= 15 is 0 Å². The van der Waals surface area contributed by atoms with E-state index in [1.165, 1.54) is 5.56 Å². The van der Waals surface area contributed by atoms with Gasteiger partial charge in [0.25, 0.3) is 0 Å². The highest BCUT2D eigenvalue weighted by atomic mass is 15.1. The molecule has 0 aliphatic carbocycles. The first kappa shape index (κ1) is 10.7. The van der Waals surface area contributed by atoms with E-state index in [1.807, 2.05) is 47.7 Å². The highest BCUT2D eigenvalue weighted by Gasteiger charge is 2.15. The molecular formula is C14H12N4. The Balaban J connectivity index is 2.11. The van der Waals surface area contributed by atoms with Crippen LogP contribution >= 0.6 is 0 Å². The molecular weight excluding hydrogens is 224 g/mol. The minimum Gasteiger partial charge on any atom is -0.326 e. The lowest BCUT2D eigenvalue weighted by Gasteiger charge is -2.18. The summed E-state index contributed by atoms with van der Waals surface area (Å²) in [5, 5.41) is 0. The van der Waals surface area contributed by atoms with Crippen LogP contribution in [0.3, 0.4) is 0 Å². The number of aromatic nitrogens is 4. The van der Waals surface area contributed by atoms with Crippen molar-refractivity contribution in [3.8, 4) is 0 Å². The molecule has 0 amide bonds. The zero-order valence-corrected chi connectivity index (χ0v) is 9.72. The molecule has 0 saturated heterocycles. The van der Waals surface area contributed by atoms with Gasteiger partial charge in [-0.05, 0) is 5.56 Å². The fraction of sp³-hybridized carbons (Fsp3) is 0.0714. The van der Waals surface area contributed by atoms with Gasteiger partial charge < -0.3 is 4.57 Å². The van der Waals surface area contributed by atoms with Gasteiger partial charge in [0.2, 0.25) is 0 Å². The highest BCUT2D eigenvalue weighted by molar-refractivity contribution is 5.29. The minimum atomic E-state index is 0.0647. The Kier molecular flexibility index (Phi) is 2.84. The van der Waals surface area contributed by atoms with Gasteiger partial charge in [0.05, 0.1) is 12.4 Å². The standard InChI is InChI=1S/C14H12N4/c1-2-4-12(5-3-1)14(18-7-6-15-11-18)13-8-16-10-17-9-13/h1-11,14H. The molecule has 0 radical (unpaired) electrons. The molecule has 4 heteroatoms. The molecule has 88 valence electrons. The summed E-state index contributed by atoms with van der Waals surface area (Å²) < 4.78 is 2.05. The Bertz CT molecular complexity index is 551. The number of rotatable bonds is 3. The molecule has 1 aromatic carbocycles. The van der Waals surface area contributed by atoms with Crippen LogP contribution in [0.15, 0.2) is 67.8 Å². The van der Waals surface area contributed by atoms with E-state index < -0.39 is 0 Å². The maximum Gasteiger partial charge on any atom is 0.115 e. The van der Waals surface area contributed by atoms with E-state index in [-0.39, 0.29) is 6.04 Å². The largest absolute Gasteiger partial charge is 0.326 e. The monoisotopic (exact) mass is 236 g/mol. The van der Waals surface area contributed by atoms with Crippen LogP contribution in [0, 0.1) is 0 Å². The molecule has 0 N–H and O–H groups in total. The van der Waals surface area contributed by atoms with Crippen molar-refractivity contribution < 1.29 is 0 Å². The van der Waals surface area contributed by atoms with E-state index in [4.69, 9.17) is 0 Å². The van der Waals surface area contributed by atoms with Crippen LogP contribution in [-0.2, 0) is 0 Å². The number of hydrogen-bond donors (Lipinski definition) is 0. The maximum atomic E-state index is 4.12. The molecule has 4 nitrogen and oxygen atoms in total. The molecule has 0 bridgehead atoms. The van der Waals surface area contributed by atoms with Crippen molar-refractivity contribution in [2.45, 2.75) is 6.04 Å². The second kappa shape index (κ2) is 4.79. The first-order valence-corrected chi connectivity index (χ1v) is 5.72. The molecule has 1 unspecified atom stereocenters. The molecule has 0 fully saturated rings. The average molecular weight is 236 g/mol. The van der Waals surface area contributed by atoms with Crippen LogP contribution in [0.5, 0.6) is 0 Å². The van der Waals surface area contributed by atoms with Crippen LogP contribution in [0.1, 0.15) is 17.2 Å². The Morgan fingerprint density at radius 1 is 0.889 bits per heavy atom. The second-order valence-corrected chi connectivity index (χ2v) is 3.99. The Morgan fingerprint density at radius 2 is 1.67 bits per heavy atom. The number of hydrogen-bond acceptors (Lipinski definition) is 3. The molecule has 2 aromatic heterocycles. The molecule has 0 aliphatic heterocycles. The van der Waals surface area contributed by atoms with E-state index in [2.05, 4.69) is 27.1 Å². The number of imidazole rings is 1. The molecule has 18 heavy (non-hydrogen) atoms. The minimum absolute atomic E-state index is 0.0647. The second-order valence-electron chi connectivity index (χ2n) is 3.99. The lowest BCUT2D eigenvalue weighted by atomic mass is 10.0. The zero-order valence-electron chi connectivity index (χ0n) is 9.72. The van der Waals surface area contributed by atoms with Crippen molar-refractivity contribution in [1.29, 1.82) is 0 Å². The van der Waals surface area contributed by atoms with Gasteiger partial charge in [0.15, 0.2) is 0 Å². The van der Waals surface area contributed by atoms with Crippen molar-refractivity contribution in [1.82, 2.24) is 19.5 Å². The summed E-state index contributed by atoms with van der Waals surface area (Å²) >= 11 is 0. The van der Waals surface area contributed by atoms with E-state index in [0.29, 0.717) is 0 Å². The van der Waals surface area contributed by atoms with Crippen LogP contribution in [0.4, 0.5) is 0 Å². The predicted octanol–water partition coefficient (Wildman–Crippen LogP) is 2.31. The summed E-state index contributed by atoms with van der Waals surface area (Å²) in [5.74, 6) is 0. The summed E-state index contributed by atoms with van der Waals surface area (Å²) in [6, 6.07) is 10.3. The van der Waals surface area contributed by atoms with Crippen LogP contribution in [0.25, 0.3) is 0 Å². The number of benzene rings is 1. The zero-order chi connectivity index (χ0) is 12.2. The summed E-state index contributed by atoms with van der Waals surface area (Å²) in [7, 11) is 0. The van der Waals surface area contributed by atoms with Crippen molar-refractivity contribution in [2.24, 2.45) is 0 Å². The first-order valence-electron chi connectivity index (χ1n) is 5.72. The summed E-state index contributed by atoms with van der Waals surface area (Å²) in [6.07, 6.45) is 10.8. The third-order valence-electron chi connectivity index (χ3n) is 2.83. The van der Waals surface area contributed by atoms with Gasteiger partial charge in [-0.15, -0.1) is 0 Å². The molecule has 0 saturated carbocycles. The van der Waals surface area contributed by atoms with E-state index in [1.54, 1.807) is 12.5 Å². The highest BCUT2D eigenvalue weighted by Crippen LogP contribution is 2.24. The Hall–Kier alpha value is -2.49. The molecule has 3 aromatic rings. The molecule has 3 rings (SSSR count). The SMILES string of the molecule is c1ccc(C(c2cncnc2)n2ccnc2)cc1. The number of nitrogens with zero attached hydrogens (tertiary/aromatic N) is 4. The molecule has 2 heterocycles. The van der Waals surface area contributed by atoms with Crippen molar-refractivity contribution in [2.75, 3.05) is 0 Å². The fourth-order valence-corrected chi connectivity index (χ4v) is 2.05. The van der Waals surface area contributed by atoms with Crippen molar-refractivity contribution in [3.63, 3.8) is 0 Å². The van der Waals surface area contributed by atoms with E-state index in [0.717, 1.165) is 5.56 Å². The van der Waals surface area contributed by atoms with Crippen LogP contribution < -0.4 is 0 Å². The molecule has 0 aliphatic rings. The average Bonchev–Trinajstić information content (AvgIpc) is 2.95. The van der Waals surface area contributed by atoms with Crippen LogP contribution in [0.2, 0.25) is 0 Å². The van der Waals surface area contributed by atoms with E-state index in [9.17, 15) is 0 Å². The molecule has 1 atom stereocenters.